The summed E-state index contributed by atoms with van der Waals surface area (Å²) in [6.45, 7) is 5.67. The second-order valence-electron chi connectivity index (χ2n) is 5.69. The number of ether oxygens (including phenoxy) is 2. The van der Waals surface area contributed by atoms with Gasteiger partial charge >= 0.3 is 11.9 Å². The number of hydrogen-bond acceptors (Lipinski definition) is 5. The summed E-state index contributed by atoms with van der Waals surface area (Å²) in [6, 6.07) is 1.73. The summed E-state index contributed by atoms with van der Waals surface area (Å²) in [4.78, 5) is 28.8. The van der Waals surface area contributed by atoms with E-state index in [0.717, 1.165) is 24.1 Å². The van der Waals surface area contributed by atoms with Crippen LogP contribution in [0, 0.1) is 12.8 Å². The highest BCUT2D eigenvalue weighted by Gasteiger charge is 2.35. The average Bonchev–Trinajstić information content (AvgIpc) is 3.37. The third-order valence-corrected chi connectivity index (χ3v) is 4.37. The molecule has 1 aliphatic carbocycles. The number of rotatable bonds is 7. The number of carbonyl (C=O) groups is 2. The maximum absolute atomic E-state index is 12.2. The Kier molecular flexibility index (Phi) is 6.37. The van der Waals surface area contributed by atoms with Gasteiger partial charge in [0.1, 0.15) is 5.57 Å². The summed E-state index contributed by atoms with van der Waals surface area (Å²) in [5.41, 5.74) is 1.58. The summed E-state index contributed by atoms with van der Waals surface area (Å²) < 4.78 is 10.0. The number of aromatic nitrogens is 1. The highest BCUT2D eigenvalue weighted by Crippen LogP contribution is 2.44. The van der Waals surface area contributed by atoms with Crippen LogP contribution >= 0.6 is 11.6 Å². The number of nitrogens with zero attached hydrogens (tertiary/aromatic N) is 1. The molecule has 1 fully saturated rings. The van der Waals surface area contributed by atoms with Crippen molar-refractivity contribution in [2.75, 3.05) is 13.2 Å². The number of carbonyl (C=O) groups excluding carboxylic acids is 2. The molecule has 1 aromatic rings. The van der Waals surface area contributed by atoms with Gasteiger partial charge in [0.05, 0.1) is 18.9 Å². The van der Waals surface area contributed by atoms with Gasteiger partial charge in [-0.15, -0.1) is 0 Å². The molecule has 1 heterocycles. The highest BCUT2D eigenvalue weighted by molar-refractivity contribution is 6.31. The van der Waals surface area contributed by atoms with Gasteiger partial charge in [-0.2, -0.15) is 0 Å². The maximum Gasteiger partial charge on any atom is 0.345 e. The minimum absolute atomic E-state index is 0.0724. The lowest BCUT2D eigenvalue weighted by molar-refractivity contribution is -0.146. The van der Waals surface area contributed by atoms with E-state index in [-0.39, 0.29) is 24.7 Å². The number of esters is 2. The normalized spacial score (nSPS) is 14.7. The van der Waals surface area contributed by atoms with Crippen LogP contribution in [0.5, 0.6) is 0 Å². The molecule has 1 aromatic heterocycles. The van der Waals surface area contributed by atoms with Crippen LogP contribution in [-0.2, 0) is 19.1 Å². The molecule has 0 spiro atoms. The second kappa shape index (κ2) is 8.29. The molecule has 0 radical (unpaired) electrons. The SMILES string of the molecule is CCOC(=O)C(=CC(c1nccc(Cl)c1C)C1CC1)C(=O)OCC. The van der Waals surface area contributed by atoms with Crippen molar-refractivity contribution in [2.45, 2.75) is 39.5 Å². The lowest BCUT2D eigenvalue weighted by Gasteiger charge is -2.16. The van der Waals surface area contributed by atoms with E-state index in [1.54, 1.807) is 32.2 Å². The van der Waals surface area contributed by atoms with E-state index in [4.69, 9.17) is 21.1 Å². The van der Waals surface area contributed by atoms with Crippen molar-refractivity contribution in [1.29, 1.82) is 0 Å². The van der Waals surface area contributed by atoms with E-state index in [1.165, 1.54) is 0 Å². The molecule has 6 heteroatoms. The van der Waals surface area contributed by atoms with Gasteiger partial charge in [-0.05, 0) is 51.2 Å². The van der Waals surface area contributed by atoms with Crippen LogP contribution in [0.1, 0.15) is 43.9 Å². The van der Waals surface area contributed by atoms with Crippen LogP contribution in [0.25, 0.3) is 0 Å². The quantitative estimate of drug-likeness (QED) is 0.325. The van der Waals surface area contributed by atoms with Crippen molar-refractivity contribution >= 4 is 23.5 Å². The van der Waals surface area contributed by atoms with Gasteiger partial charge < -0.3 is 9.47 Å². The third kappa shape index (κ3) is 4.35. The van der Waals surface area contributed by atoms with Crippen LogP contribution < -0.4 is 0 Å². The number of pyridine rings is 1. The van der Waals surface area contributed by atoms with Gasteiger partial charge in [-0.25, -0.2) is 9.59 Å². The minimum atomic E-state index is -0.665. The maximum atomic E-state index is 12.2. The Balaban J connectivity index is 2.43. The first-order valence-corrected chi connectivity index (χ1v) is 8.54. The van der Waals surface area contributed by atoms with Crippen LogP contribution in [-0.4, -0.2) is 30.1 Å². The number of halogens is 1. The molecule has 0 amide bonds. The van der Waals surface area contributed by atoms with E-state index in [1.807, 2.05) is 6.92 Å². The predicted molar refractivity (Wildman–Crippen MR) is 90.8 cm³/mol. The van der Waals surface area contributed by atoms with Gasteiger partial charge in [-0.3, -0.25) is 4.98 Å². The molecule has 0 saturated heterocycles. The van der Waals surface area contributed by atoms with Crippen molar-refractivity contribution in [3.8, 4) is 0 Å². The first kappa shape index (κ1) is 18.5. The van der Waals surface area contributed by atoms with Crippen molar-refractivity contribution in [2.24, 2.45) is 5.92 Å². The molecule has 0 aromatic carbocycles. The van der Waals surface area contributed by atoms with Crippen LogP contribution in [0.2, 0.25) is 5.02 Å². The molecular formula is C18H22ClNO4. The molecule has 1 aliphatic rings. The summed E-state index contributed by atoms with van der Waals surface area (Å²) in [7, 11) is 0. The van der Waals surface area contributed by atoms with Crippen LogP contribution in [0.3, 0.4) is 0 Å². The Labute approximate surface area is 147 Å². The highest BCUT2D eigenvalue weighted by atomic mass is 35.5. The Bertz CT molecular complexity index is 632. The van der Waals surface area contributed by atoms with E-state index in [9.17, 15) is 9.59 Å². The molecule has 130 valence electrons. The van der Waals surface area contributed by atoms with Crippen molar-refractivity contribution < 1.29 is 19.1 Å². The molecule has 1 atom stereocenters. The molecule has 5 nitrogen and oxygen atoms in total. The van der Waals surface area contributed by atoms with Crippen LogP contribution in [0.4, 0.5) is 0 Å². The predicted octanol–water partition coefficient (Wildman–Crippen LogP) is 3.59. The van der Waals surface area contributed by atoms with Gasteiger partial charge in [-0.1, -0.05) is 17.7 Å². The molecule has 1 unspecified atom stereocenters. The lowest BCUT2D eigenvalue weighted by Crippen LogP contribution is -2.20. The zero-order chi connectivity index (χ0) is 17.7. The van der Waals surface area contributed by atoms with E-state index in [0.29, 0.717) is 10.9 Å². The van der Waals surface area contributed by atoms with E-state index in [2.05, 4.69) is 4.98 Å². The standard InChI is InChI=1S/C18H22ClNO4/c1-4-23-17(21)14(18(22)24-5-2)10-13(12-6-7-12)16-11(3)15(19)8-9-20-16/h8-10,12-13H,4-7H2,1-3H3. The average molecular weight is 352 g/mol. The summed E-state index contributed by atoms with van der Waals surface area (Å²) in [6.07, 6.45) is 5.32. The molecular weight excluding hydrogens is 330 g/mol. The van der Waals surface area contributed by atoms with Crippen molar-refractivity contribution in [3.05, 3.63) is 40.2 Å². The monoisotopic (exact) mass is 351 g/mol. The summed E-state index contributed by atoms with van der Waals surface area (Å²) in [5, 5.41) is 0.618. The van der Waals surface area contributed by atoms with E-state index < -0.39 is 11.9 Å². The fourth-order valence-electron chi connectivity index (χ4n) is 2.57. The second-order valence-corrected chi connectivity index (χ2v) is 6.09. The van der Waals surface area contributed by atoms with Gasteiger partial charge in [0.2, 0.25) is 0 Å². The van der Waals surface area contributed by atoms with Crippen molar-refractivity contribution in [1.82, 2.24) is 4.98 Å². The Morgan fingerprint density at radius 3 is 2.38 bits per heavy atom. The number of hydrogen-bond donors (Lipinski definition) is 0. The first-order valence-electron chi connectivity index (χ1n) is 8.16. The molecule has 0 bridgehead atoms. The van der Waals surface area contributed by atoms with Crippen LogP contribution in [0.15, 0.2) is 23.9 Å². The summed E-state index contributed by atoms with van der Waals surface area (Å²) >= 11 is 6.20. The fraction of sp³-hybridized carbons (Fsp3) is 0.500. The smallest absolute Gasteiger partial charge is 0.345 e. The topological polar surface area (TPSA) is 65.5 Å². The zero-order valence-corrected chi connectivity index (χ0v) is 14.9. The largest absolute Gasteiger partial charge is 0.462 e. The fourth-order valence-corrected chi connectivity index (χ4v) is 2.73. The first-order chi connectivity index (χ1) is 11.5. The minimum Gasteiger partial charge on any atom is -0.462 e. The van der Waals surface area contributed by atoms with Gasteiger partial charge in [0.15, 0.2) is 0 Å². The molecule has 1 saturated carbocycles. The zero-order valence-electron chi connectivity index (χ0n) is 14.2. The lowest BCUT2D eigenvalue weighted by atomic mass is 9.93. The Morgan fingerprint density at radius 2 is 1.88 bits per heavy atom. The third-order valence-electron chi connectivity index (χ3n) is 3.96. The molecule has 24 heavy (non-hydrogen) atoms. The van der Waals surface area contributed by atoms with Gasteiger partial charge in [0, 0.05) is 17.1 Å². The van der Waals surface area contributed by atoms with Crippen molar-refractivity contribution in [3.63, 3.8) is 0 Å². The Morgan fingerprint density at radius 1 is 1.29 bits per heavy atom. The molecule has 2 rings (SSSR count). The van der Waals surface area contributed by atoms with E-state index >= 15 is 0 Å². The Hall–Kier alpha value is -1.88. The van der Waals surface area contributed by atoms with Gasteiger partial charge in [0.25, 0.3) is 0 Å². The molecule has 0 N–H and O–H groups in total. The molecule has 0 aliphatic heterocycles. The summed E-state index contributed by atoms with van der Waals surface area (Å²) in [5.74, 6) is -1.15. The number of allylic oxidation sites excluding steroid dienone is 1.